The Morgan fingerprint density at radius 3 is 2.74 bits per heavy atom. The lowest BCUT2D eigenvalue weighted by Gasteiger charge is -2.41. The smallest absolute Gasteiger partial charge is 0.156 e. The lowest BCUT2D eigenvalue weighted by molar-refractivity contribution is 0.0974. The van der Waals surface area contributed by atoms with Gasteiger partial charge in [0.1, 0.15) is 16.4 Å². The van der Waals surface area contributed by atoms with Gasteiger partial charge in [0.2, 0.25) is 0 Å². The molecule has 4 aromatic rings. The molecule has 1 aromatic carbocycles. The van der Waals surface area contributed by atoms with Crippen molar-refractivity contribution < 1.29 is 4.74 Å². The molecule has 0 amide bonds. The molecule has 0 bridgehead atoms. The molecule has 180 valence electrons. The van der Waals surface area contributed by atoms with Gasteiger partial charge in [-0.3, -0.25) is 0 Å². The summed E-state index contributed by atoms with van der Waals surface area (Å²) in [5.74, 6) is 0.889. The van der Waals surface area contributed by atoms with E-state index in [0.29, 0.717) is 5.02 Å². The Morgan fingerprint density at radius 1 is 1.14 bits per heavy atom. The number of H-pyrrole nitrogens is 1. The Hall–Kier alpha value is -2.72. The van der Waals surface area contributed by atoms with Gasteiger partial charge >= 0.3 is 0 Å². The number of benzene rings is 1. The number of ether oxygens (including phenoxy) is 1. The average molecular weight is 508 g/mol. The number of aromatic nitrogens is 5. The predicted octanol–water partition coefficient (Wildman–Crippen LogP) is 4.55. The van der Waals surface area contributed by atoms with E-state index in [9.17, 15) is 0 Å². The van der Waals surface area contributed by atoms with Crippen molar-refractivity contribution in [1.29, 1.82) is 0 Å². The normalized spacial score (nSPS) is 21.7. The van der Waals surface area contributed by atoms with Crippen LogP contribution in [0.25, 0.3) is 22.4 Å². The first-order valence-electron chi connectivity index (χ1n) is 11.7. The van der Waals surface area contributed by atoms with Crippen LogP contribution in [0.1, 0.15) is 19.8 Å². The second-order valence-corrected chi connectivity index (χ2v) is 10.7. The molecule has 0 aliphatic carbocycles. The molecule has 5 heterocycles. The summed E-state index contributed by atoms with van der Waals surface area (Å²) in [4.78, 5) is 24.7. The molecule has 2 atom stereocenters. The van der Waals surface area contributed by atoms with Crippen LogP contribution < -0.4 is 10.6 Å². The predicted molar refractivity (Wildman–Crippen MR) is 138 cm³/mol. The van der Waals surface area contributed by atoms with Crippen LogP contribution in [0, 0.1) is 5.41 Å². The molecular formula is C25H26ClN7OS. The van der Waals surface area contributed by atoms with E-state index in [1.807, 2.05) is 42.9 Å². The van der Waals surface area contributed by atoms with Gasteiger partial charge in [0, 0.05) is 41.2 Å². The SMILES string of the molecule is C[C@@H]1OCC2(CCN(c3cnc(Sc4cccc(-c5cnc6[nH]ccc6n5)c4Cl)cn3)CC2)[C@@H]1N. The molecule has 0 radical (unpaired) electrons. The second-order valence-electron chi connectivity index (χ2n) is 9.29. The van der Waals surface area contributed by atoms with Crippen molar-refractivity contribution in [3.05, 3.63) is 54.1 Å². The van der Waals surface area contributed by atoms with Gasteiger partial charge in [-0.1, -0.05) is 35.5 Å². The van der Waals surface area contributed by atoms with E-state index in [1.54, 1.807) is 6.20 Å². The molecule has 35 heavy (non-hydrogen) atoms. The number of anilines is 1. The third-order valence-corrected chi connectivity index (χ3v) is 8.76. The van der Waals surface area contributed by atoms with Crippen molar-refractivity contribution in [3.8, 4) is 11.3 Å². The molecule has 2 fully saturated rings. The topological polar surface area (TPSA) is 106 Å². The Bertz CT molecular complexity index is 1350. The fraction of sp³-hybridized carbons (Fsp3) is 0.360. The maximum atomic E-state index is 6.78. The Balaban J connectivity index is 1.16. The maximum Gasteiger partial charge on any atom is 0.156 e. The van der Waals surface area contributed by atoms with Gasteiger partial charge in [-0.05, 0) is 31.9 Å². The third kappa shape index (κ3) is 4.16. The first-order chi connectivity index (χ1) is 17.0. The van der Waals surface area contributed by atoms with Crippen molar-refractivity contribution in [2.45, 2.75) is 41.8 Å². The minimum Gasteiger partial charge on any atom is -0.376 e. The van der Waals surface area contributed by atoms with Crippen LogP contribution in [0.15, 0.2) is 59.0 Å². The third-order valence-electron chi connectivity index (χ3n) is 7.26. The molecule has 10 heteroatoms. The van der Waals surface area contributed by atoms with E-state index in [2.05, 4.69) is 31.8 Å². The summed E-state index contributed by atoms with van der Waals surface area (Å²) in [5, 5.41) is 1.41. The Morgan fingerprint density at radius 2 is 2.00 bits per heavy atom. The summed E-state index contributed by atoms with van der Waals surface area (Å²) < 4.78 is 5.84. The zero-order valence-corrected chi connectivity index (χ0v) is 20.9. The van der Waals surface area contributed by atoms with Crippen LogP contribution in [0.5, 0.6) is 0 Å². The van der Waals surface area contributed by atoms with E-state index < -0.39 is 0 Å². The zero-order chi connectivity index (χ0) is 24.0. The van der Waals surface area contributed by atoms with Gasteiger partial charge < -0.3 is 20.4 Å². The molecule has 3 aromatic heterocycles. The molecule has 2 aliphatic rings. The molecule has 0 unspecified atom stereocenters. The van der Waals surface area contributed by atoms with Crippen LogP contribution in [-0.2, 0) is 4.74 Å². The summed E-state index contributed by atoms with van der Waals surface area (Å²) >= 11 is 8.27. The second kappa shape index (κ2) is 9.05. The van der Waals surface area contributed by atoms with Gasteiger partial charge in [0.25, 0.3) is 0 Å². The van der Waals surface area contributed by atoms with E-state index in [-0.39, 0.29) is 17.6 Å². The molecule has 2 saturated heterocycles. The number of nitrogens with two attached hydrogens (primary N) is 1. The van der Waals surface area contributed by atoms with Crippen LogP contribution >= 0.6 is 23.4 Å². The van der Waals surface area contributed by atoms with Gasteiger partial charge in [0.05, 0.1) is 42.0 Å². The molecule has 1 spiro atoms. The van der Waals surface area contributed by atoms with E-state index in [0.717, 1.165) is 70.7 Å². The average Bonchev–Trinajstić information content (AvgIpc) is 3.46. The van der Waals surface area contributed by atoms with Crippen LogP contribution in [0.2, 0.25) is 5.02 Å². The minimum absolute atomic E-state index is 0.0942. The van der Waals surface area contributed by atoms with Gasteiger partial charge in [-0.2, -0.15) is 0 Å². The fourth-order valence-electron chi connectivity index (χ4n) is 5.04. The first kappa shape index (κ1) is 22.7. The van der Waals surface area contributed by atoms with Crippen molar-refractivity contribution >= 4 is 40.3 Å². The highest BCUT2D eigenvalue weighted by Gasteiger charge is 2.47. The molecule has 3 N–H and O–H groups in total. The molecule has 2 aliphatic heterocycles. The molecular weight excluding hydrogens is 482 g/mol. The van der Waals surface area contributed by atoms with E-state index in [1.165, 1.54) is 11.8 Å². The molecule has 8 nitrogen and oxygen atoms in total. The van der Waals surface area contributed by atoms with Crippen LogP contribution in [-0.4, -0.2) is 56.8 Å². The number of nitrogens with zero attached hydrogens (tertiary/aromatic N) is 5. The first-order valence-corrected chi connectivity index (χ1v) is 12.9. The Kier molecular flexibility index (Phi) is 5.88. The van der Waals surface area contributed by atoms with E-state index >= 15 is 0 Å². The quantitative estimate of drug-likeness (QED) is 0.414. The van der Waals surface area contributed by atoms with Crippen molar-refractivity contribution in [1.82, 2.24) is 24.9 Å². The summed E-state index contributed by atoms with van der Waals surface area (Å²) in [5.41, 5.74) is 9.67. The summed E-state index contributed by atoms with van der Waals surface area (Å²) in [6.07, 6.45) is 9.37. The number of hydrogen-bond donors (Lipinski definition) is 2. The highest BCUT2D eigenvalue weighted by molar-refractivity contribution is 7.99. The van der Waals surface area contributed by atoms with Crippen molar-refractivity contribution in [3.63, 3.8) is 0 Å². The largest absolute Gasteiger partial charge is 0.376 e. The maximum absolute atomic E-state index is 6.78. The lowest BCUT2D eigenvalue weighted by Crippen LogP contribution is -2.50. The number of piperidine rings is 1. The van der Waals surface area contributed by atoms with Crippen molar-refractivity contribution in [2.24, 2.45) is 11.1 Å². The number of nitrogens with one attached hydrogen (secondary N) is 1. The van der Waals surface area contributed by atoms with Crippen LogP contribution in [0.3, 0.4) is 0 Å². The van der Waals surface area contributed by atoms with Gasteiger partial charge in [-0.25, -0.2) is 19.9 Å². The Labute approximate surface area is 212 Å². The standard InChI is InChI=1S/C25H26ClN7OS/c1-15-23(27)25(14-34-15)6-9-33(10-7-25)20-12-30-21(13-29-20)35-19-4-2-3-16(22(19)26)18-11-31-24-17(32-18)5-8-28-24/h2-5,8,11-13,15,23H,6-7,9-10,14,27H2,1H3,(H,28,31)/t15-,23+/m0/s1. The summed E-state index contributed by atoms with van der Waals surface area (Å²) in [7, 11) is 0. The number of halogens is 1. The zero-order valence-electron chi connectivity index (χ0n) is 19.3. The highest BCUT2D eigenvalue weighted by Crippen LogP contribution is 2.42. The van der Waals surface area contributed by atoms with E-state index in [4.69, 9.17) is 27.1 Å². The summed E-state index contributed by atoms with van der Waals surface area (Å²) in [6.45, 7) is 4.65. The number of rotatable bonds is 4. The minimum atomic E-state index is 0.0942. The van der Waals surface area contributed by atoms with Gasteiger partial charge in [0.15, 0.2) is 5.65 Å². The highest BCUT2D eigenvalue weighted by atomic mass is 35.5. The molecule has 6 rings (SSSR count). The summed E-state index contributed by atoms with van der Waals surface area (Å²) in [6, 6.07) is 7.90. The van der Waals surface area contributed by atoms with Crippen LogP contribution in [0.4, 0.5) is 5.82 Å². The lowest BCUT2D eigenvalue weighted by atomic mass is 9.73. The molecule has 0 saturated carbocycles. The fourth-order valence-corrected chi connectivity index (χ4v) is 6.16. The van der Waals surface area contributed by atoms with Crippen molar-refractivity contribution in [2.75, 3.05) is 24.6 Å². The number of fused-ring (bicyclic) bond motifs is 1. The number of hydrogen-bond acceptors (Lipinski definition) is 8. The van der Waals surface area contributed by atoms with Gasteiger partial charge in [-0.15, -0.1) is 0 Å². The monoisotopic (exact) mass is 507 g/mol. The number of aromatic amines is 1.